The maximum Gasteiger partial charge on any atom is 0.310 e. The molecule has 1 aliphatic carbocycles. The fourth-order valence-corrected chi connectivity index (χ4v) is 5.67. The normalized spacial score (nSPS) is 22.8. The Morgan fingerprint density at radius 3 is 2.34 bits per heavy atom. The third kappa shape index (κ3) is 3.75. The van der Waals surface area contributed by atoms with Crippen LogP contribution in [-0.4, -0.2) is 49.6 Å². The number of pyridine rings is 1. The van der Waals surface area contributed by atoms with Crippen molar-refractivity contribution in [2.75, 3.05) is 27.6 Å². The van der Waals surface area contributed by atoms with Gasteiger partial charge < -0.3 is 34.1 Å². The molecule has 0 spiro atoms. The van der Waals surface area contributed by atoms with Crippen molar-refractivity contribution in [1.29, 1.82) is 0 Å². The summed E-state index contributed by atoms with van der Waals surface area (Å²) >= 11 is 0. The number of aromatic hydroxyl groups is 1. The van der Waals surface area contributed by atoms with E-state index in [4.69, 9.17) is 23.7 Å². The molecule has 3 aliphatic rings. The maximum atomic E-state index is 13.3. The molecule has 1 fully saturated rings. The van der Waals surface area contributed by atoms with Crippen LogP contribution < -0.4 is 24.3 Å². The number of carbonyl (C=O) groups excluding carboxylic acids is 2. The van der Waals surface area contributed by atoms with Gasteiger partial charge in [-0.3, -0.25) is 14.6 Å². The molecule has 1 saturated heterocycles. The van der Waals surface area contributed by atoms with E-state index in [1.807, 2.05) is 19.1 Å². The number of benzene rings is 2. The van der Waals surface area contributed by atoms with Gasteiger partial charge in [-0.2, -0.15) is 0 Å². The van der Waals surface area contributed by atoms with Crippen molar-refractivity contribution in [2.24, 2.45) is 11.8 Å². The first-order valence-corrected chi connectivity index (χ1v) is 12.2. The van der Waals surface area contributed by atoms with E-state index in [0.29, 0.717) is 22.6 Å². The van der Waals surface area contributed by atoms with Crippen molar-refractivity contribution >= 4 is 11.9 Å². The second-order valence-corrected chi connectivity index (χ2v) is 9.55. The Morgan fingerprint density at radius 1 is 1.03 bits per heavy atom. The van der Waals surface area contributed by atoms with Crippen LogP contribution in [0.1, 0.15) is 44.7 Å². The average Bonchev–Trinajstić information content (AvgIpc) is 3.54. The zero-order valence-electron chi connectivity index (χ0n) is 21.0. The van der Waals surface area contributed by atoms with Crippen molar-refractivity contribution in [3.63, 3.8) is 0 Å². The maximum absolute atomic E-state index is 13.3. The minimum absolute atomic E-state index is 0.0741. The molecular formula is C28H26N2O8. The van der Waals surface area contributed by atoms with Crippen LogP contribution in [0.3, 0.4) is 0 Å². The van der Waals surface area contributed by atoms with Crippen LogP contribution in [0.15, 0.2) is 42.6 Å². The highest BCUT2D eigenvalue weighted by molar-refractivity contribution is 5.94. The molecule has 10 heteroatoms. The Kier molecular flexibility index (Phi) is 5.74. The number of carbonyl (C=O) groups is 2. The van der Waals surface area contributed by atoms with E-state index < -0.39 is 17.9 Å². The van der Waals surface area contributed by atoms with E-state index in [0.717, 1.165) is 16.8 Å². The molecule has 2 aliphatic heterocycles. The van der Waals surface area contributed by atoms with Crippen molar-refractivity contribution < 1.29 is 38.4 Å². The van der Waals surface area contributed by atoms with Crippen molar-refractivity contribution in [3.05, 3.63) is 70.5 Å². The number of hydrogen-bond acceptors (Lipinski definition) is 9. The summed E-state index contributed by atoms with van der Waals surface area (Å²) in [4.78, 5) is 30.8. The van der Waals surface area contributed by atoms with E-state index in [9.17, 15) is 14.7 Å². The Bertz CT molecular complexity index is 1410. The molecule has 1 aromatic heterocycles. The number of cyclic esters (lactones) is 1. The number of ether oxygens (including phenoxy) is 5. The first-order valence-electron chi connectivity index (χ1n) is 12.2. The van der Waals surface area contributed by atoms with Crippen molar-refractivity contribution in [1.82, 2.24) is 10.3 Å². The molecule has 1 amide bonds. The van der Waals surface area contributed by atoms with Gasteiger partial charge in [0.2, 0.25) is 12.5 Å². The molecule has 3 aromatic rings. The van der Waals surface area contributed by atoms with Crippen LogP contribution in [0.2, 0.25) is 0 Å². The van der Waals surface area contributed by atoms with Crippen LogP contribution >= 0.6 is 0 Å². The van der Waals surface area contributed by atoms with E-state index in [1.54, 1.807) is 24.3 Å². The van der Waals surface area contributed by atoms with Gasteiger partial charge in [0, 0.05) is 23.7 Å². The molecule has 0 saturated carbocycles. The summed E-state index contributed by atoms with van der Waals surface area (Å²) in [6.07, 6.45) is 1.53. The smallest absolute Gasteiger partial charge is 0.310 e. The summed E-state index contributed by atoms with van der Waals surface area (Å²) in [5, 5.41) is 13.6. The van der Waals surface area contributed by atoms with Crippen LogP contribution in [0, 0.1) is 18.8 Å². The standard InChI is InChI=1S/C28H26N2O8/c1-13-4-5-14(10-29-13)27(32)30-25-17-9-20-19(37-12-38-20)8-16(17)23(24-18(25)11-36-28(24)33)15-6-21(34-2)26(31)22(7-15)35-3/h4-10,18,23-25,31H,11-12H2,1-3H3,(H,30,32)/t18-,23+,24-,25+/m0/s1. The molecule has 2 N–H and O–H groups in total. The number of phenols is 1. The number of rotatable bonds is 5. The van der Waals surface area contributed by atoms with Crippen LogP contribution in [0.4, 0.5) is 0 Å². The van der Waals surface area contributed by atoms with Gasteiger partial charge in [-0.1, -0.05) is 0 Å². The number of methoxy groups -OCH3 is 2. The lowest BCUT2D eigenvalue weighted by molar-refractivity contribution is -0.141. The lowest BCUT2D eigenvalue weighted by Gasteiger charge is -2.39. The third-order valence-corrected chi connectivity index (χ3v) is 7.51. The quantitative estimate of drug-likeness (QED) is 0.490. The van der Waals surface area contributed by atoms with Crippen LogP contribution in [-0.2, 0) is 9.53 Å². The first-order chi connectivity index (χ1) is 18.4. The number of aryl methyl sites for hydroxylation is 1. The van der Waals surface area contributed by atoms with Gasteiger partial charge in [-0.05, 0) is 60.0 Å². The molecule has 3 heterocycles. The molecular weight excluding hydrogens is 492 g/mol. The molecule has 10 nitrogen and oxygen atoms in total. The van der Waals surface area contributed by atoms with Gasteiger partial charge in [-0.15, -0.1) is 0 Å². The second kappa shape index (κ2) is 9.13. The first kappa shape index (κ1) is 23.9. The fraction of sp³-hybridized carbons (Fsp3) is 0.321. The van der Waals surface area contributed by atoms with Crippen molar-refractivity contribution in [3.8, 4) is 28.7 Å². The third-order valence-electron chi connectivity index (χ3n) is 7.51. The molecule has 0 unspecified atom stereocenters. The van der Waals surface area contributed by atoms with E-state index in [1.165, 1.54) is 20.4 Å². The van der Waals surface area contributed by atoms with Gasteiger partial charge in [0.15, 0.2) is 23.0 Å². The zero-order valence-corrected chi connectivity index (χ0v) is 21.0. The summed E-state index contributed by atoms with van der Waals surface area (Å²) in [5.74, 6) is -0.760. The van der Waals surface area contributed by atoms with E-state index >= 15 is 0 Å². The number of esters is 1. The summed E-state index contributed by atoms with van der Waals surface area (Å²) in [6.45, 7) is 2.06. The highest BCUT2D eigenvalue weighted by Crippen LogP contribution is 2.55. The molecule has 4 atom stereocenters. The van der Waals surface area contributed by atoms with Gasteiger partial charge in [-0.25, -0.2) is 0 Å². The number of aromatic nitrogens is 1. The number of fused-ring (bicyclic) bond motifs is 3. The Labute approximate surface area is 218 Å². The van der Waals surface area contributed by atoms with Gasteiger partial charge in [0.1, 0.15) is 0 Å². The second-order valence-electron chi connectivity index (χ2n) is 9.55. The van der Waals surface area contributed by atoms with Crippen LogP contribution in [0.25, 0.3) is 0 Å². The van der Waals surface area contributed by atoms with Crippen molar-refractivity contribution in [2.45, 2.75) is 18.9 Å². The Hall–Kier alpha value is -4.47. The van der Waals surface area contributed by atoms with Gasteiger partial charge in [0.25, 0.3) is 5.91 Å². The van der Waals surface area contributed by atoms with E-state index in [2.05, 4.69) is 10.3 Å². The van der Waals surface area contributed by atoms with Crippen LogP contribution in [0.5, 0.6) is 28.7 Å². The molecule has 0 bridgehead atoms. The lowest BCUT2D eigenvalue weighted by Crippen LogP contribution is -2.42. The number of nitrogens with one attached hydrogen (secondary N) is 1. The molecule has 38 heavy (non-hydrogen) atoms. The summed E-state index contributed by atoms with van der Waals surface area (Å²) in [5.41, 5.74) is 3.47. The lowest BCUT2D eigenvalue weighted by atomic mass is 9.65. The monoisotopic (exact) mass is 518 g/mol. The highest BCUT2D eigenvalue weighted by Gasteiger charge is 2.53. The minimum atomic E-state index is -0.622. The number of amides is 1. The molecule has 2 aromatic carbocycles. The molecule has 0 radical (unpaired) electrons. The predicted molar refractivity (Wildman–Crippen MR) is 133 cm³/mol. The fourth-order valence-electron chi connectivity index (χ4n) is 5.67. The molecule has 6 rings (SSSR count). The predicted octanol–water partition coefficient (Wildman–Crippen LogP) is 3.25. The Balaban J connectivity index is 1.51. The van der Waals surface area contributed by atoms with E-state index in [-0.39, 0.29) is 48.4 Å². The average molecular weight is 519 g/mol. The number of hydrogen-bond donors (Lipinski definition) is 2. The number of phenolic OH excluding ortho intramolecular Hbond substituents is 1. The summed E-state index contributed by atoms with van der Waals surface area (Å²) in [6, 6.07) is 10.0. The largest absolute Gasteiger partial charge is 0.502 e. The zero-order chi connectivity index (χ0) is 26.6. The van der Waals surface area contributed by atoms with Gasteiger partial charge >= 0.3 is 5.97 Å². The number of nitrogens with zero attached hydrogens (tertiary/aromatic N) is 1. The highest BCUT2D eigenvalue weighted by atomic mass is 16.7. The summed E-state index contributed by atoms with van der Waals surface area (Å²) < 4.78 is 27.7. The molecule has 196 valence electrons. The minimum Gasteiger partial charge on any atom is -0.502 e. The summed E-state index contributed by atoms with van der Waals surface area (Å²) in [7, 11) is 2.90. The topological polar surface area (TPSA) is 125 Å². The SMILES string of the molecule is COc1cc([C@@H]2c3cc4c(cc3[C@@H](NC(=O)c3ccc(C)nc3)[C@H]3COC(=O)[C@H]23)OCO4)cc(OC)c1O. The Morgan fingerprint density at radius 2 is 1.71 bits per heavy atom. The van der Waals surface area contributed by atoms with Gasteiger partial charge in [0.05, 0.1) is 38.3 Å².